The van der Waals surface area contributed by atoms with Crippen molar-refractivity contribution in [3.05, 3.63) is 41.1 Å². The zero-order valence-corrected chi connectivity index (χ0v) is 13.7. The Hall–Kier alpha value is -1.98. The Morgan fingerprint density at radius 1 is 1.18 bits per heavy atom. The highest BCUT2D eigenvalue weighted by Gasteiger charge is 2.12. The third-order valence-electron chi connectivity index (χ3n) is 3.44. The van der Waals surface area contributed by atoms with Gasteiger partial charge in [-0.3, -0.25) is 0 Å². The Labute approximate surface area is 134 Å². The Morgan fingerprint density at radius 3 is 2.73 bits per heavy atom. The van der Waals surface area contributed by atoms with Crippen LogP contribution in [0.1, 0.15) is 20.3 Å². The van der Waals surface area contributed by atoms with Crippen LogP contribution in [0.15, 0.2) is 41.1 Å². The number of hydrogen-bond acceptors (Lipinski definition) is 5. The van der Waals surface area contributed by atoms with Gasteiger partial charge in [0.15, 0.2) is 5.82 Å². The summed E-state index contributed by atoms with van der Waals surface area (Å²) in [6, 6.07) is 10.1. The first-order chi connectivity index (χ1) is 10.5. The summed E-state index contributed by atoms with van der Waals surface area (Å²) in [4.78, 5) is 9.37. The van der Waals surface area contributed by atoms with E-state index >= 15 is 0 Å². The number of hydrogen-bond donors (Lipinski definition) is 2. The molecule has 3 N–H and O–H groups in total. The van der Waals surface area contributed by atoms with Crippen molar-refractivity contribution in [3.8, 4) is 11.4 Å². The standard InChI is InChI=1S/C17H20N4S/c1-17(2,18)8-9-19-16-13-5-3-4-6-14(13)20-15(21-16)12-7-10-22-11-12/h3-7,10-11H,8-9,18H2,1-2H3,(H,19,20,21). The van der Waals surface area contributed by atoms with Gasteiger partial charge in [0.25, 0.3) is 0 Å². The summed E-state index contributed by atoms with van der Waals surface area (Å²) >= 11 is 1.65. The van der Waals surface area contributed by atoms with Gasteiger partial charge in [-0.25, -0.2) is 9.97 Å². The Bertz CT molecular complexity index is 760. The number of rotatable bonds is 5. The summed E-state index contributed by atoms with van der Waals surface area (Å²) in [5, 5.41) is 8.56. The zero-order chi connectivity index (χ0) is 15.6. The predicted octanol–water partition coefficient (Wildman–Crippen LogP) is 3.90. The summed E-state index contributed by atoms with van der Waals surface area (Å²) in [7, 11) is 0. The molecule has 2 heterocycles. The molecule has 0 spiro atoms. The van der Waals surface area contributed by atoms with Gasteiger partial charge in [-0.2, -0.15) is 11.3 Å². The number of anilines is 1. The average Bonchev–Trinajstić information content (AvgIpc) is 3.00. The molecular formula is C17H20N4S. The third-order valence-corrected chi connectivity index (χ3v) is 4.13. The van der Waals surface area contributed by atoms with E-state index in [2.05, 4.69) is 15.7 Å². The molecule has 5 heteroatoms. The van der Waals surface area contributed by atoms with Crippen LogP contribution in [0.2, 0.25) is 0 Å². The number of benzene rings is 1. The minimum Gasteiger partial charge on any atom is -0.369 e. The molecule has 0 saturated heterocycles. The van der Waals surface area contributed by atoms with Gasteiger partial charge >= 0.3 is 0 Å². The third kappa shape index (κ3) is 3.43. The smallest absolute Gasteiger partial charge is 0.162 e. The lowest BCUT2D eigenvalue weighted by molar-refractivity contribution is 0.490. The van der Waals surface area contributed by atoms with E-state index < -0.39 is 0 Å². The molecular weight excluding hydrogens is 292 g/mol. The van der Waals surface area contributed by atoms with Crippen LogP contribution < -0.4 is 11.1 Å². The van der Waals surface area contributed by atoms with E-state index in [1.807, 2.05) is 49.6 Å². The molecule has 2 aromatic heterocycles. The molecule has 4 nitrogen and oxygen atoms in total. The minimum absolute atomic E-state index is 0.188. The van der Waals surface area contributed by atoms with Crippen molar-refractivity contribution in [1.82, 2.24) is 9.97 Å². The molecule has 0 atom stereocenters. The highest BCUT2D eigenvalue weighted by Crippen LogP contribution is 2.26. The number of para-hydroxylation sites is 1. The minimum atomic E-state index is -0.188. The van der Waals surface area contributed by atoms with Crippen LogP contribution in [-0.2, 0) is 0 Å². The monoisotopic (exact) mass is 312 g/mol. The quantitative estimate of drug-likeness (QED) is 0.750. The summed E-state index contributed by atoms with van der Waals surface area (Å²) in [6.45, 7) is 4.85. The molecule has 0 radical (unpaired) electrons. The molecule has 22 heavy (non-hydrogen) atoms. The lowest BCUT2D eigenvalue weighted by atomic mass is 10.0. The molecule has 0 unspecified atom stereocenters. The normalized spacial score (nSPS) is 11.8. The van der Waals surface area contributed by atoms with Gasteiger partial charge in [0.05, 0.1) is 5.52 Å². The van der Waals surface area contributed by atoms with Crippen LogP contribution in [-0.4, -0.2) is 22.1 Å². The fourth-order valence-corrected chi connectivity index (χ4v) is 2.87. The Morgan fingerprint density at radius 2 is 2.00 bits per heavy atom. The van der Waals surface area contributed by atoms with E-state index in [-0.39, 0.29) is 5.54 Å². The fourth-order valence-electron chi connectivity index (χ4n) is 2.24. The van der Waals surface area contributed by atoms with E-state index in [0.717, 1.165) is 41.1 Å². The van der Waals surface area contributed by atoms with Gasteiger partial charge in [0.1, 0.15) is 5.82 Å². The van der Waals surface area contributed by atoms with Crippen LogP contribution in [0.3, 0.4) is 0 Å². The summed E-state index contributed by atoms with van der Waals surface area (Å²) in [5.74, 6) is 1.63. The highest BCUT2D eigenvalue weighted by molar-refractivity contribution is 7.08. The summed E-state index contributed by atoms with van der Waals surface area (Å²) in [6.07, 6.45) is 0.874. The Balaban J connectivity index is 1.96. The van der Waals surface area contributed by atoms with Crippen LogP contribution >= 0.6 is 11.3 Å². The lowest BCUT2D eigenvalue weighted by Gasteiger charge is -2.19. The largest absolute Gasteiger partial charge is 0.369 e. The first-order valence-corrected chi connectivity index (χ1v) is 8.29. The van der Waals surface area contributed by atoms with E-state index in [1.165, 1.54) is 0 Å². The number of thiophene rings is 1. The summed E-state index contributed by atoms with van der Waals surface area (Å²) < 4.78 is 0. The van der Waals surface area contributed by atoms with Crippen molar-refractivity contribution in [2.45, 2.75) is 25.8 Å². The number of nitrogens with one attached hydrogen (secondary N) is 1. The zero-order valence-electron chi connectivity index (χ0n) is 12.8. The molecule has 3 aromatic rings. The van der Waals surface area contributed by atoms with Gasteiger partial charge in [0.2, 0.25) is 0 Å². The molecule has 0 aliphatic carbocycles. The van der Waals surface area contributed by atoms with Gasteiger partial charge in [-0.15, -0.1) is 0 Å². The second kappa shape index (κ2) is 6.02. The van der Waals surface area contributed by atoms with Crippen LogP contribution in [0.25, 0.3) is 22.3 Å². The second-order valence-corrected chi connectivity index (χ2v) is 6.87. The van der Waals surface area contributed by atoms with Crippen LogP contribution in [0.5, 0.6) is 0 Å². The molecule has 0 aliphatic rings. The number of nitrogens with zero attached hydrogens (tertiary/aromatic N) is 2. The van der Waals surface area contributed by atoms with Crippen molar-refractivity contribution in [2.75, 3.05) is 11.9 Å². The van der Waals surface area contributed by atoms with Gasteiger partial charge in [-0.1, -0.05) is 12.1 Å². The van der Waals surface area contributed by atoms with Crippen molar-refractivity contribution < 1.29 is 0 Å². The maximum Gasteiger partial charge on any atom is 0.162 e. The maximum atomic E-state index is 6.05. The second-order valence-electron chi connectivity index (χ2n) is 6.09. The van der Waals surface area contributed by atoms with Crippen molar-refractivity contribution in [2.24, 2.45) is 5.73 Å². The van der Waals surface area contributed by atoms with Crippen molar-refractivity contribution >= 4 is 28.1 Å². The molecule has 0 aliphatic heterocycles. The number of fused-ring (bicyclic) bond motifs is 1. The SMILES string of the molecule is CC(C)(N)CCNc1nc(-c2ccsc2)nc2ccccc12. The molecule has 0 bridgehead atoms. The molecule has 0 saturated carbocycles. The van der Waals surface area contributed by atoms with E-state index in [9.17, 15) is 0 Å². The average molecular weight is 312 g/mol. The first kappa shape index (κ1) is 14.9. The lowest BCUT2D eigenvalue weighted by Crippen LogP contribution is -2.34. The van der Waals surface area contributed by atoms with Crippen LogP contribution in [0.4, 0.5) is 5.82 Å². The topological polar surface area (TPSA) is 63.8 Å². The Kier molecular flexibility index (Phi) is 4.09. The van der Waals surface area contributed by atoms with Gasteiger partial charge in [0, 0.05) is 28.4 Å². The van der Waals surface area contributed by atoms with Gasteiger partial charge < -0.3 is 11.1 Å². The summed E-state index contributed by atoms with van der Waals surface area (Å²) in [5.41, 5.74) is 7.87. The number of aromatic nitrogens is 2. The van der Waals surface area contributed by atoms with Gasteiger partial charge in [-0.05, 0) is 43.8 Å². The molecule has 0 fully saturated rings. The first-order valence-electron chi connectivity index (χ1n) is 7.35. The van der Waals surface area contributed by atoms with Crippen molar-refractivity contribution in [3.63, 3.8) is 0 Å². The maximum absolute atomic E-state index is 6.05. The van der Waals surface area contributed by atoms with Crippen molar-refractivity contribution in [1.29, 1.82) is 0 Å². The van der Waals surface area contributed by atoms with Crippen LogP contribution in [0, 0.1) is 0 Å². The van der Waals surface area contributed by atoms with E-state index in [1.54, 1.807) is 11.3 Å². The molecule has 3 rings (SSSR count). The highest BCUT2D eigenvalue weighted by atomic mass is 32.1. The van der Waals surface area contributed by atoms with E-state index in [0.29, 0.717) is 0 Å². The molecule has 114 valence electrons. The van der Waals surface area contributed by atoms with E-state index in [4.69, 9.17) is 10.7 Å². The predicted molar refractivity (Wildman–Crippen MR) is 94.2 cm³/mol. The molecule has 1 aromatic carbocycles. The number of nitrogens with two attached hydrogens (primary N) is 1. The fraction of sp³-hybridized carbons (Fsp3) is 0.294. The molecule has 0 amide bonds.